The lowest BCUT2D eigenvalue weighted by Gasteiger charge is -2.09. The fourth-order valence-electron chi connectivity index (χ4n) is 2.71. The van der Waals surface area contributed by atoms with Gasteiger partial charge in [-0.05, 0) is 49.2 Å². The Morgan fingerprint density at radius 2 is 1.85 bits per heavy atom. The SMILES string of the molecule is O=C(CNC1CC1)Nc1nc(-c2ccc(F)cc2)cn1-c1ccccc1. The summed E-state index contributed by atoms with van der Waals surface area (Å²) in [5.41, 5.74) is 2.34. The number of carbonyl (C=O) groups excluding carboxylic acids is 1. The van der Waals surface area contributed by atoms with Crippen molar-refractivity contribution < 1.29 is 9.18 Å². The minimum Gasteiger partial charge on any atom is -0.306 e. The molecule has 2 aromatic carbocycles. The second kappa shape index (κ2) is 7.09. The van der Waals surface area contributed by atoms with Crippen LogP contribution in [0.5, 0.6) is 0 Å². The number of nitrogens with one attached hydrogen (secondary N) is 2. The number of para-hydroxylation sites is 1. The molecular weight excluding hydrogens is 331 g/mol. The number of amides is 1. The monoisotopic (exact) mass is 350 g/mol. The van der Waals surface area contributed by atoms with Crippen LogP contribution in [0.15, 0.2) is 60.8 Å². The number of hydrogen-bond donors (Lipinski definition) is 2. The lowest BCUT2D eigenvalue weighted by molar-refractivity contribution is -0.115. The highest BCUT2D eigenvalue weighted by Gasteiger charge is 2.21. The molecule has 1 amide bonds. The van der Waals surface area contributed by atoms with Crippen molar-refractivity contribution in [3.8, 4) is 16.9 Å². The number of rotatable bonds is 6. The Morgan fingerprint density at radius 3 is 2.54 bits per heavy atom. The number of anilines is 1. The molecule has 6 heteroatoms. The van der Waals surface area contributed by atoms with E-state index in [0.717, 1.165) is 24.1 Å². The van der Waals surface area contributed by atoms with E-state index in [-0.39, 0.29) is 18.3 Å². The average Bonchev–Trinajstić information content (AvgIpc) is 3.40. The molecule has 0 unspecified atom stereocenters. The van der Waals surface area contributed by atoms with Crippen LogP contribution < -0.4 is 10.6 Å². The molecule has 0 radical (unpaired) electrons. The molecule has 1 aliphatic carbocycles. The van der Waals surface area contributed by atoms with Crippen LogP contribution in [-0.4, -0.2) is 28.0 Å². The molecule has 0 bridgehead atoms. The lowest BCUT2D eigenvalue weighted by Crippen LogP contribution is -2.30. The Hall–Kier alpha value is -2.99. The summed E-state index contributed by atoms with van der Waals surface area (Å²) in [6.45, 7) is 0.262. The minimum absolute atomic E-state index is 0.134. The third-order valence-corrected chi connectivity index (χ3v) is 4.26. The van der Waals surface area contributed by atoms with E-state index in [1.54, 1.807) is 12.1 Å². The van der Waals surface area contributed by atoms with Crippen molar-refractivity contribution in [2.75, 3.05) is 11.9 Å². The van der Waals surface area contributed by atoms with Crippen molar-refractivity contribution in [2.24, 2.45) is 0 Å². The van der Waals surface area contributed by atoms with Crippen LogP contribution in [0.25, 0.3) is 16.9 Å². The van der Waals surface area contributed by atoms with Crippen molar-refractivity contribution in [1.29, 1.82) is 0 Å². The van der Waals surface area contributed by atoms with E-state index in [2.05, 4.69) is 15.6 Å². The van der Waals surface area contributed by atoms with Gasteiger partial charge in [0.25, 0.3) is 0 Å². The fourth-order valence-corrected chi connectivity index (χ4v) is 2.71. The van der Waals surface area contributed by atoms with E-state index in [1.807, 2.05) is 41.1 Å². The second-order valence-electron chi connectivity index (χ2n) is 6.37. The molecule has 3 aromatic rings. The van der Waals surface area contributed by atoms with Gasteiger partial charge in [-0.15, -0.1) is 0 Å². The third kappa shape index (κ3) is 3.81. The van der Waals surface area contributed by atoms with Crippen molar-refractivity contribution in [1.82, 2.24) is 14.9 Å². The minimum atomic E-state index is -0.295. The Morgan fingerprint density at radius 1 is 1.12 bits per heavy atom. The van der Waals surface area contributed by atoms with Crippen molar-refractivity contribution in [3.05, 3.63) is 66.6 Å². The number of hydrogen-bond acceptors (Lipinski definition) is 3. The van der Waals surface area contributed by atoms with E-state index in [0.29, 0.717) is 17.7 Å². The van der Waals surface area contributed by atoms with E-state index < -0.39 is 0 Å². The molecule has 1 aromatic heterocycles. The highest BCUT2D eigenvalue weighted by atomic mass is 19.1. The number of carbonyl (C=O) groups is 1. The first-order chi connectivity index (χ1) is 12.7. The lowest BCUT2D eigenvalue weighted by atomic mass is 10.2. The maximum atomic E-state index is 13.2. The van der Waals surface area contributed by atoms with E-state index in [1.165, 1.54) is 12.1 Å². The molecular formula is C20H19FN4O. The zero-order valence-corrected chi connectivity index (χ0v) is 14.2. The van der Waals surface area contributed by atoms with Crippen LogP contribution in [0, 0.1) is 5.82 Å². The highest BCUT2D eigenvalue weighted by Crippen LogP contribution is 2.24. The number of aromatic nitrogens is 2. The summed E-state index contributed by atoms with van der Waals surface area (Å²) in [5.74, 6) is 0.0133. The maximum absolute atomic E-state index is 13.2. The van der Waals surface area contributed by atoms with Gasteiger partial charge in [-0.1, -0.05) is 18.2 Å². The van der Waals surface area contributed by atoms with Gasteiger partial charge in [0.1, 0.15) is 5.82 Å². The number of nitrogens with zero attached hydrogens (tertiary/aromatic N) is 2. The predicted molar refractivity (Wildman–Crippen MR) is 98.6 cm³/mol. The molecule has 1 aliphatic rings. The normalized spacial score (nSPS) is 13.6. The molecule has 4 rings (SSSR count). The zero-order chi connectivity index (χ0) is 17.9. The third-order valence-electron chi connectivity index (χ3n) is 4.26. The maximum Gasteiger partial charge on any atom is 0.240 e. The van der Waals surface area contributed by atoms with Crippen LogP contribution in [0.2, 0.25) is 0 Å². The standard InChI is InChI=1S/C20H19FN4O/c21-15-8-6-14(7-9-15)18-13-25(17-4-2-1-3-5-17)20(23-18)24-19(26)12-22-16-10-11-16/h1-9,13,16,22H,10-12H2,(H,23,24,26). The quantitative estimate of drug-likeness (QED) is 0.717. The molecule has 5 nitrogen and oxygen atoms in total. The summed E-state index contributed by atoms with van der Waals surface area (Å²) < 4.78 is 15.0. The van der Waals surface area contributed by atoms with Crippen LogP contribution >= 0.6 is 0 Å². The summed E-state index contributed by atoms with van der Waals surface area (Å²) in [6, 6.07) is 16.3. The Labute approximate surface area is 150 Å². The van der Waals surface area contributed by atoms with Crippen molar-refractivity contribution in [3.63, 3.8) is 0 Å². The van der Waals surface area contributed by atoms with Gasteiger partial charge >= 0.3 is 0 Å². The topological polar surface area (TPSA) is 59.0 Å². The predicted octanol–water partition coefficient (Wildman–Crippen LogP) is 3.37. The Bertz CT molecular complexity index is 901. The summed E-state index contributed by atoms with van der Waals surface area (Å²) >= 11 is 0. The van der Waals surface area contributed by atoms with Gasteiger partial charge in [0.2, 0.25) is 11.9 Å². The van der Waals surface area contributed by atoms with Gasteiger partial charge in [0, 0.05) is 23.5 Å². The summed E-state index contributed by atoms with van der Waals surface area (Å²) in [6.07, 6.45) is 4.09. The van der Waals surface area contributed by atoms with Crippen molar-refractivity contribution in [2.45, 2.75) is 18.9 Å². The first kappa shape index (κ1) is 16.5. The molecule has 0 saturated heterocycles. The van der Waals surface area contributed by atoms with Crippen LogP contribution in [-0.2, 0) is 4.79 Å². The number of benzene rings is 2. The molecule has 2 N–H and O–H groups in total. The molecule has 1 saturated carbocycles. The Kier molecular flexibility index (Phi) is 4.50. The molecule has 1 heterocycles. The van der Waals surface area contributed by atoms with Gasteiger partial charge in [-0.25, -0.2) is 9.37 Å². The fraction of sp³-hybridized carbons (Fsp3) is 0.200. The smallest absolute Gasteiger partial charge is 0.240 e. The van der Waals surface area contributed by atoms with Gasteiger partial charge in [0.15, 0.2) is 0 Å². The molecule has 0 atom stereocenters. The molecule has 132 valence electrons. The van der Waals surface area contributed by atoms with Crippen LogP contribution in [0.4, 0.5) is 10.3 Å². The van der Waals surface area contributed by atoms with Gasteiger partial charge < -0.3 is 5.32 Å². The highest BCUT2D eigenvalue weighted by molar-refractivity contribution is 5.91. The first-order valence-electron chi connectivity index (χ1n) is 8.63. The average molecular weight is 350 g/mol. The van der Waals surface area contributed by atoms with Crippen LogP contribution in [0.1, 0.15) is 12.8 Å². The summed E-state index contributed by atoms with van der Waals surface area (Å²) in [4.78, 5) is 16.8. The number of halogens is 1. The van der Waals surface area contributed by atoms with Gasteiger partial charge in [0.05, 0.1) is 12.2 Å². The first-order valence-corrected chi connectivity index (χ1v) is 8.63. The van der Waals surface area contributed by atoms with Crippen LogP contribution in [0.3, 0.4) is 0 Å². The molecule has 1 fully saturated rings. The molecule has 0 aliphatic heterocycles. The van der Waals surface area contributed by atoms with E-state index in [4.69, 9.17) is 0 Å². The molecule has 0 spiro atoms. The summed E-state index contributed by atoms with van der Waals surface area (Å²) in [5, 5.41) is 6.06. The second-order valence-corrected chi connectivity index (χ2v) is 6.37. The zero-order valence-electron chi connectivity index (χ0n) is 14.2. The Balaban J connectivity index is 1.63. The van der Waals surface area contributed by atoms with Gasteiger partial charge in [-0.3, -0.25) is 14.7 Å². The number of imidazole rings is 1. The van der Waals surface area contributed by atoms with Crippen molar-refractivity contribution >= 4 is 11.9 Å². The van der Waals surface area contributed by atoms with E-state index in [9.17, 15) is 9.18 Å². The molecule has 26 heavy (non-hydrogen) atoms. The van der Waals surface area contributed by atoms with Gasteiger partial charge in [-0.2, -0.15) is 0 Å². The summed E-state index contributed by atoms with van der Waals surface area (Å²) in [7, 11) is 0. The largest absolute Gasteiger partial charge is 0.306 e. The van der Waals surface area contributed by atoms with E-state index >= 15 is 0 Å².